The van der Waals surface area contributed by atoms with Crippen molar-refractivity contribution in [1.29, 1.82) is 0 Å². The number of esters is 1. The summed E-state index contributed by atoms with van der Waals surface area (Å²) in [5.41, 5.74) is 0.562. The Morgan fingerprint density at radius 1 is 1.22 bits per heavy atom. The standard InChI is InChI=1S/C13H15ClO4/c1-17-13(16)3-2-8-18-11-6-4-10(5-7-11)12(15)9-14/h4-7H,2-3,8-9H2,1H3. The van der Waals surface area contributed by atoms with Crippen LogP contribution in [0.5, 0.6) is 5.75 Å². The van der Waals surface area contributed by atoms with Crippen molar-refractivity contribution in [1.82, 2.24) is 0 Å². The van der Waals surface area contributed by atoms with Gasteiger partial charge in [-0.3, -0.25) is 9.59 Å². The molecule has 0 fully saturated rings. The van der Waals surface area contributed by atoms with Crippen LogP contribution < -0.4 is 4.74 Å². The summed E-state index contributed by atoms with van der Waals surface area (Å²) in [5.74, 6) is 0.265. The van der Waals surface area contributed by atoms with Crippen molar-refractivity contribution in [3.8, 4) is 5.75 Å². The molecule has 0 unspecified atom stereocenters. The number of halogens is 1. The van der Waals surface area contributed by atoms with Gasteiger partial charge >= 0.3 is 5.97 Å². The van der Waals surface area contributed by atoms with E-state index in [1.54, 1.807) is 24.3 Å². The molecular weight excluding hydrogens is 256 g/mol. The molecule has 0 atom stereocenters. The molecule has 0 radical (unpaired) electrons. The van der Waals surface area contributed by atoms with E-state index < -0.39 is 0 Å². The largest absolute Gasteiger partial charge is 0.494 e. The van der Waals surface area contributed by atoms with E-state index in [9.17, 15) is 9.59 Å². The predicted octanol–water partition coefficient (Wildman–Crippen LogP) is 2.44. The zero-order valence-corrected chi connectivity index (χ0v) is 10.9. The zero-order chi connectivity index (χ0) is 13.4. The Labute approximate surface area is 111 Å². The number of carbonyl (C=O) groups is 2. The van der Waals surface area contributed by atoms with Gasteiger partial charge in [0, 0.05) is 12.0 Å². The average Bonchev–Trinajstić information content (AvgIpc) is 2.43. The number of hydrogen-bond acceptors (Lipinski definition) is 4. The maximum Gasteiger partial charge on any atom is 0.305 e. The smallest absolute Gasteiger partial charge is 0.305 e. The maximum absolute atomic E-state index is 11.3. The fraction of sp³-hybridized carbons (Fsp3) is 0.385. The van der Waals surface area contributed by atoms with Gasteiger partial charge in [-0.2, -0.15) is 0 Å². The second-order valence-electron chi connectivity index (χ2n) is 3.61. The second-order valence-corrected chi connectivity index (χ2v) is 3.88. The summed E-state index contributed by atoms with van der Waals surface area (Å²) in [5, 5.41) is 0. The van der Waals surface area contributed by atoms with Gasteiger partial charge in [0.15, 0.2) is 5.78 Å². The summed E-state index contributed by atoms with van der Waals surface area (Å²) in [7, 11) is 1.36. The van der Waals surface area contributed by atoms with E-state index in [-0.39, 0.29) is 17.6 Å². The van der Waals surface area contributed by atoms with Gasteiger partial charge in [0.1, 0.15) is 5.75 Å². The first-order valence-electron chi connectivity index (χ1n) is 5.56. The average molecular weight is 271 g/mol. The van der Waals surface area contributed by atoms with E-state index in [4.69, 9.17) is 16.3 Å². The Morgan fingerprint density at radius 3 is 2.44 bits per heavy atom. The Morgan fingerprint density at radius 2 is 1.89 bits per heavy atom. The highest BCUT2D eigenvalue weighted by molar-refractivity contribution is 6.30. The van der Waals surface area contributed by atoms with Crippen LogP contribution in [0.25, 0.3) is 0 Å². The molecule has 0 aliphatic carbocycles. The molecular formula is C13H15ClO4. The molecule has 4 nitrogen and oxygen atoms in total. The summed E-state index contributed by atoms with van der Waals surface area (Å²) in [4.78, 5) is 22.1. The second kappa shape index (κ2) is 7.71. The Kier molecular flexibility index (Phi) is 6.22. The molecule has 1 aromatic rings. The van der Waals surface area contributed by atoms with E-state index in [0.717, 1.165) is 0 Å². The lowest BCUT2D eigenvalue weighted by Crippen LogP contribution is -2.05. The summed E-state index contributed by atoms with van der Waals surface area (Å²) in [6.07, 6.45) is 0.925. The first kappa shape index (κ1) is 14.5. The maximum atomic E-state index is 11.3. The topological polar surface area (TPSA) is 52.6 Å². The van der Waals surface area contributed by atoms with Crippen molar-refractivity contribution < 1.29 is 19.1 Å². The van der Waals surface area contributed by atoms with E-state index in [1.165, 1.54) is 7.11 Å². The van der Waals surface area contributed by atoms with E-state index in [0.29, 0.717) is 30.8 Å². The van der Waals surface area contributed by atoms with Gasteiger partial charge in [-0.25, -0.2) is 0 Å². The van der Waals surface area contributed by atoms with Crippen LogP contribution in [0.1, 0.15) is 23.2 Å². The lowest BCUT2D eigenvalue weighted by Gasteiger charge is -2.06. The molecule has 0 N–H and O–H groups in total. The molecule has 0 amide bonds. The number of Topliss-reactive ketones (excluding diaryl/α,β-unsaturated/α-hetero) is 1. The number of hydrogen-bond donors (Lipinski definition) is 0. The molecule has 0 spiro atoms. The van der Waals surface area contributed by atoms with Crippen molar-refractivity contribution >= 4 is 23.4 Å². The van der Waals surface area contributed by atoms with Crippen LogP contribution in [0.15, 0.2) is 24.3 Å². The van der Waals surface area contributed by atoms with Crippen LogP contribution >= 0.6 is 11.6 Å². The summed E-state index contributed by atoms with van der Waals surface area (Å²) >= 11 is 5.45. The van der Waals surface area contributed by atoms with E-state index in [1.807, 2.05) is 0 Å². The molecule has 1 rings (SSSR count). The lowest BCUT2D eigenvalue weighted by atomic mass is 10.1. The fourth-order valence-electron chi connectivity index (χ4n) is 1.32. The number of ketones is 1. The van der Waals surface area contributed by atoms with Crippen LogP contribution in [0.4, 0.5) is 0 Å². The number of rotatable bonds is 7. The number of methoxy groups -OCH3 is 1. The van der Waals surface area contributed by atoms with Crippen LogP contribution in [-0.2, 0) is 9.53 Å². The van der Waals surface area contributed by atoms with Crippen molar-refractivity contribution in [2.75, 3.05) is 19.6 Å². The highest BCUT2D eigenvalue weighted by atomic mass is 35.5. The molecule has 0 aliphatic heterocycles. The monoisotopic (exact) mass is 270 g/mol. The first-order chi connectivity index (χ1) is 8.67. The third kappa shape index (κ3) is 4.75. The van der Waals surface area contributed by atoms with Crippen LogP contribution in [0.2, 0.25) is 0 Å². The summed E-state index contributed by atoms with van der Waals surface area (Å²) in [6.45, 7) is 0.428. The minimum Gasteiger partial charge on any atom is -0.494 e. The van der Waals surface area contributed by atoms with Crippen molar-refractivity contribution in [2.45, 2.75) is 12.8 Å². The molecule has 1 aromatic carbocycles. The highest BCUT2D eigenvalue weighted by Crippen LogP contribution is 2.13. The van der Waals surface area contributed by atoms with E-state index in [2.05, 4.69) is 4.74 Å². The van der Waals surface area contributed by atoms with Crippen molar-refractivity contribution in [2.24, 2.45) is 0 Å². The molecule has 5 heteroatoms. The molecule has 18 heavy (non-hydrogen) atoms. The third-order valence-electron chi connectivity index (χ3n) is 2.32. The Balaban J connectivity index is 2.35. The Hall–Kier alpha value is -1.55. The van der Waals surface area contributed by atoms with Crippen LogP contribution in [0.3, 0.4) is 0 Å². The first-order valence-corrected chi connectivity index (χ1v) is 6.09. The van der Waals surface area contributed by atoms with Gasteiger partial charge < -0.3 is 9.47 Å². The lowest BCUT2D eigenvalue weighted by molar-refractivity contribution is -0.140. The summed E-state index contributed by atoms with van der Waals surface area (Å²) in [6, 6.07) is 6.75. The minimum atomic E-state index is -0.248. The van der Waals surface area contributed by atoms with Gasteiger partial charge in [-0.15, -0.1) is 11.6 Å². The number of carbonyl (C=O) groups excluding carboxylic acids is 2. The van der Waals surface area contributed by atoms with E-state index >= 15 is 0 Å². The van der Waals surface area contributed by atoms with Gasteiger partial charge in [-0.05, 0) is 30.7 Å². The van der Waals surface area contributed by atoms with Crippen LogP contribution in [-0.4, -0.2) is 31.3 Å². The molecule has 0 saturated heterocycles. The number of benzene rings is 1. The highest BCUT2D eigenvalue weighted by Gasteiger charge is 2.04. The van der Waals surface area contributed by atoms with Gasteiger partial charge in [0.2, 0.25) is 0 Å². The van der Waals surface area contributed by atoms with Crippen molar-refractivity contribution in [3.05, 3.63) is 29.8 Å². The minimum absolute atomic E-state index is 0.0284. The van der Waals surface area contributed by atoms with Gasteiger partial charge in [0.05, 0.1) is 19.6 Å². The molecule has 0 aliphatic rings. The van der Waals surface area contributed by atoms with Crippen LogP contribution in [0, 0.1) is 0 Å². The fourth-order valence-corrected chi connectivity index (χ4v) is 1.48. The molecule has 98 valence electrons. The third-order valence-corrected chi connectivity index (χ3v) is 2.56. The molecule has 0 aromatic heterocycles. The normalized spacial score (nSPS) is 9.89. The number of alkyl halides is 1. The van der Waals surface area contributed by atoms with Gasteiger partial charge in [-0.1, -0.05) is 0 Å². The number of ether oxygens (including phenoxy) is 2. The predicted molar refractivity (Wildman–Crippen MR) is 68.2 cm³/mol. The molecule has 0 saturated carbocycles. The van der Waals surface area contributed by atoms with Gasteiger partial charge in [0.25, 0.3) is 0 Å². The zero-order valence-electron chi connectivity index (χ0n) is 10.1. The molecule has 0 bridgehead atoms. The SMILES string of the molecule is COC(=O)CCCOc1ccc(C(=O)CCl)cc1. The summed E-state index contributed by atoms with van der Waals surface area (Å²) < 4.78 is 9.93. The Bertz CT molecular complexity index is 400. The molecule has 0 heterocycles. The van der Waals surface area contributed by atoms with Crippen molar-refractivity contribution in [3.63, 3.8) is 0 Å². The quantitative estimate of drug-likeness (QED) is 0.330.